The third-order valence-corrected chi connectivity index (χ3v) is 3.51. The number of carboxylic acid groups (broad SMARTS) is 1. The number of aryl methyl sites for hydroxylation is 1. The summed E-state index contributed by atoms with van der Waals surface area (Å²) in [6, 6.07) is 5.19. The summed E-state index contributed by atoms with van der Waals surface area (Å²) in [7, 11) is 0. The average Bonchev–Trinajstić information content (AvgIpc) is 2.32. The Kier molecular flexibility index (Phi) is 3.57. The first-order chi connectivity index (χ1) is 8.50. The molecule has 0 aliphatic carbocycles. The molecule has 98 valence electrons. The number of nitrogens with one attached hydrogen (secondary N) is 1. The molecular weight excluding hydrogens is 230 g/mol. The second-order valence-electron chi connectivity index (χ2n) is 5.13. The topological polar surface area (TPSA) is 58.6 Å². The fraction of sp³-hybridized carbons (Fsp3) is 0.500. The molecule has 1 aliphatic heterocycles. The quantitative estimate of drug-likeness (QED) is 0.864. The van der Waals surface area contributed by atoms with Crippen molar-refractivity contribution < 1.29 is 14.6 Å². The van der Waals surface area contributed by atoms with Gasteiger partial charge in [0, 0.05) is 24.4 Å². The van der Waals surface area contributed by atoms with E-state index in [1.807, 2.05) is 13.0 Å². The average molecular weight is 249 g/mol. The standard InChI is InChI=1S/C14H19NO3/c1-10-9-11(13(16)17)3-4-12(10)15-14(2)5-7-18-8-6-14/h3-4,9,15H,5-8H2,1-2H3,(H,16,17). The minimum Gasteiger partial charge on any atom is -0.478 e. The lowest BCUT2D eigenvalue weighted by Crippen LogP contribution is -2.40. The first-order valence-corrected chi connectivity index (χ1v) is 6.20. The van der Waals surface area contributed by atoms with E-state index in [1.54, 1.807) is 12.1 Å². The van der Waals surface area contributed by atoms with E-state index >= 15 is 0 Å². The number of benzene rings is 1. The predicted octanol–water partition coefficient (Wildman–Crippen LogP) is 2.67. The Hall–Kier alpha value is -1.55. The van der Waals surface area contributed by atoms with E-state index in [2.05, 4.69) is 12.2 Å². The molecule has 0 unspecified atom stereocenters. The zero-order valence-corrected chi connectivity index (χ0v) is 10.8. The maximum atomic E-state index is 10.9. The minimum absolute atomic E-state index is 0.0355. The first-order valence-electron chi connectivity index (χ1n) is 6.20. The molecule has 1 heterocycles. The number of anilines is 1. The van der Waals surface area contributed by atoms with Gasteiger partial charge in [0.2, 0.25) is 0 Å². The molecule has 0 aromatic heterocycles. The molecule has 0 bridgehead atoms. The lowest BCUT2D eigenvalue weighted by atomic mass is 9.91. The zero-order valence-electron chi connectivity index (χ0n) is 10.8. The molecule has 0 amide bonds. The summed E-state index contributed by atoms with van der Waals surface area (Å²) in [5.74, 6) is -0.887. The van der Waals surface area contributed by atoms with Gasteiger partial charge in [-0.25, -0.2) is 4.79 Å². The molecular formula is C14H19NO3. The molecule has 4 nitrogen and oxygen atoms in total. The Morgan fingerprint density at radius 2 is 2.06 bits per heavy atom. The van der Waals surface area contributed by atoms with Gasteiger partial charge in [0.15, 0.2) is 0 Å². The second-order valence-corrected chi connectivity index (χ2v) is 5.13. The Balaban J connectivity index is 2.16. The van der Waals surface area contributed by atoms with E-state index in [9.17, 15) is 4.79 Å². The van der Waals surface area contributed by atoms with Crippen LogP contribution in [0.25, 0.3) is 0 Å². The van der Waals surface area contributed by atoms with Gasteiger partial charge in [0.1, 0.15) is 0 Å². The van der Waals surface area contributed by atoms with Gasteiger partial charge in [0.25, 0.3) is 0 Å². The van der Waals surface area contributed by atoms with Gasteiger partial charge < -0.3 is 15.2 Å². The summed E-state index contributed by atoms with van der Waals surface area (Å²) in [5, 5.41) is 12.5. The number of ether oxygens (including phenoxy) is 1. The highest BCUT2D eigenvalue weighted by molar-refractivity contribution is 5.88. The van der Waals surface area contributed by atoms with Crippen molar-refractivity contribution in [3.8, 4) is 0 Å². The molecule has 0 spiro atoms. The van der Waals surface area contributed by atoms with Crippen LogP contribution in [-0.2, 0) is 4.74 Å². The number of carboxylic acids is 1. The highest BCUT2D eigenvalue weighted by atomic mass is 16.5. The first kappa shape index (κ1) is 12.9. The highest BCUT2D eigenvalue weighted by Crippen LogP contribution is 2.27. The van der Waals surface area contributed by atoms with E-state index in [0.717, 1.165) is 37.3 Å². The van der Waals surface area contributed by atoms with E-state index in [-0.39, 0.29) is 5.54 Å². The largest absolute Gasteiger partial charge is 0.478 e. The van der Waals surface area contributed by atoms with Crippen LogP contribution >= 0.6 is 0 Å². The van der Waals surface area contributed by atoms with Crippen LogP contribution in [-0.4, -0.2) is 29.8 Å². The van der Waals surface area contributed by atoms with Crippen LogP contribution in [0.2, 0.25) is 0 Å². The van der Waals surface area contributed by atoms with Crippen LogP contribution in [0.3, 0.4) is 0 Å². The number of aromatic carboxylic acids is 1. The van der Waals surface area contributed by atoms with Crippen molar-refractivity contribution >= 4 is 11.7 Å². The van der Waals surface area contributed by atoms with Crippen LogP contribution in [0.4, 0.5) is 5.69 Å². The van der Waals surface area contributed by atoms with Gasteiger partial charge in [0.05, 0.1) is 5.56 Å². The molecule has 1 fully saturated rings. The molecule has 2 N–H and O–H groups in total. The fourth-order valence-corrected chi connectivity index (χ4v) is 2.21. The van der Waals surface area contributed by atoms with Crippen LogP contribution in [0.1, 0.15) is 35.7 Å². The Morgan fingerprint density at radius 1 is 1.39 bits per heavy atom. The molecule has 1 aliphatic rings. The summed E-state index contributed by atoms with van der Waals surface area (Å²) in [6.07, 6.45) is 1.93. The summed E-state index contributed by atoms with van der Waals surface area (Å²) in [6.45, 7) is 5.66. The maximum Gasteiger partial charge on any atom is 0.335 e. The molecule has 0 radical (unpaired) electrons. The van der Waals surface area contributed by atoms with Crippen LogP contribution in [0.5, 0.6) is 0 Å². The summed E-state index contributed by atoms with van der Waals surface area (Å²) < 4.78 is 5.37. The van der Waals surface area contributed by atoms with E-state index < -0.39 is 5.97 Å². The summed E-state index contributed by atoms with van der Waals surface area (Å²) in [4.78, 5) is 10.9. The minimum atomic E-state index is -0.887. The number of hydrogen-bond acceptors (Lipinski definition) is 3. The smallest absolute Gasteiger partial charge is 0.335 e. The summed E-state index contributed by atoms with van der Waals surface area (Å²) >= 11 is 0. The van der Waals surface area contributed by atoms with Gasteiger partial charge in [-0.3, -0.25) is 0 Å². The van der Waals surface area contributed by atoms with E-state index in [1.165, 1.54) is 0 Å². The van der Waals surface area contributed by atoms with Crippen LogP contribution in [0.15, 0.2) is 18.2 Å². The fourth-order valence-electron chi connectivity index (χ4n) is 2.21. The highest BCUT2D eigenvalue weighted by Gasteiger charge is 2.27. The number of carbonyl (C=O) groups is 1. The van der Waals surface area contributed by atoms with Gasteiger partial charge in [-0.2, -0.15) is 0 Å². The monoisotopic (exact) mass is 249 g/mol. The van der Waals surface area contributed by atoms with Crippen molar-refractivity contribution in [3.05, 3.63) is 29.3 Å². The SMILES string of the molecule is Cc1cc(C(=O)O)ccc1NC1(C)CCOCC1. The van der Waals surface area contributed by atoms with Gasteiger partial charge in [-0.15, -0.1) is 0 Å². The van der Waals surface area contributed by atoms with Crippen molar-refractivity contribution in [1.82, 2.24) is 0 Å². The Bertz CT molecular complexity index is 450. The van der Waals surface area contributed by atoms with Crippen LogP contribution in [0, 0.1) is 6.92 Å². The number of hydrogen-bond donors (Lipinski definition) is 2. The third-order valence-electron chi connectivity index (χ3n) is 3.51. The number of rotatable bonds is 3. The normalized spacial score (nSPS) is 18.3. The van der Waals surface area contributed by atoms with Crippen molar-refractivity contribution in [1.29, 1.82) is 0 Å². The molecule has 0 atom stereocenters. The second kappa shape index (κ2) is 4.98. The van der Waals surface area contributed by atoms with Crippen LogP contribution < -0.4 is 5.32 Å². The lowest BCUT2D eigenvalue weighted by molar-refractivity contribution is 0.0658. The van der Waals surface area contributed by atoms with Crippen molar-refractivity contribution in [3.63, 3.8) is 0 Å². The molecule has 1 aromatic carbocycles. The molecule has 1 aromatic rings. The summed E-state index contributed by atoms with van der Waals surface area (Å²) in [5.41, 5.74) is 2.33. The van der Waals surface area contributed by atoms with Gasteiger partial charge in [-0.1, -0.05) is 0 Å². The molecule has 1 saturated heterocycles. The molecule has 4 heteroatoms. The molecule has 2 rings (SSSR count). The lowest BCUT2D eigenvalue weighted by Gasteiger charge is -2.36. The van der Waals surface area contributed by atoms with Gasteiger partial charge in [-0.05, 0) is 50.5 Å². The van der Waals surface area contributed by atoms with E-state index in [0.29, 0.717) is 5.56 Å². The van der Waals surface area contributed by atoms with Crippen molar-refractivity contribution in [2.24, 2.45) is 0 Å². The third kappa shape index (κ3) is 2.82. The Morgan fingerprint density at radius 3 is 2.61 bits per heavy atom. The predicted molar refractivity (Wildman–Crippen MR) is 70.2 cm³/mol. The maximum absolute atomic E-state index is 10.9. The molecule has 18 heavy (non-hydrogen) atoms. The van der Waals surface area contributed by atoms with Gasteiger partial charge >= 0.3 is 5.97 Å². The Labute approximate surface area is 107 Å². The molecule has 0 saturated carbocycles. The van der Waals surface area contributed by atoms with Crippen molar-refractivity contribution in [2.45, 2.75) is 32.2 Å². The zero-order chi connectivity index (χ0) is 13.2. The van der Waals surface area contributed by atoms with E-state index in [4.69, 9.17) is 9.84 Å². The van der Waals surface area contributed by atoms with Crippen molar-refractivity contribution in [2.75, 3.05) is 18.5 Å².